The van der Waals surface area contributed by atoms with E-state index in [1.165, 1.54) is 37.7 Å². The zero-order valence-electron chi connectivity index (χ0n) is 11.9. The molecule has 1 aromatic rings. The summed E-state index contributed by atoms with van der Waals surface area (Å²) in [6, 6.07) is 8.09. The normalized spacial score (nSPS) is 18.7. The third kappa shape index (κ3) is 4.79. The minimum atomic E-state index is 0.0842. The molecule has 19 heavy (non-hydrogen) atoms. The molecule has 106 valence electrons. The summed E-state index contributed by atoms with van der Waals surface area (Å²) in [5.41, 5.74) is 7.83. The fourth-order valence-corrected chi connectivity index (χ4v) is 3.16. The molecular weight excluding hydrogens is 256 g/mol. The molecule has 0 amide bonds. The Morgan fingerprint density at radius 1 is 1.26 bits per heavy atom. The summed E-state index contributed by atoms with van der Waals surface area (Å²) < 4.78 is 0. The van der Waals surface area contributed by atoms with Gasteiger partial charge in [0.15, 0.2) is 0 Å². The Bertz CT molecular complexity index is 399. The van der Waals surface area contributed by atoms with Crippen molar-refractivity contribution in [2.75, 3.05) is 13.6 Å². The molecule has 2 rings (SSSR count). The second kappa shape index (κ2) is 6.74. The van der Waals surface area contributed by atoms with Gasteiger partial charge in [-0.05, 0) is 50.6 Å². The van der Waals surface area contributed by atoms with Gasteiger partial charge in [0, 0.05) is 17.1 Å². The highest BCUT2D eigenvalue weighted by atomic mass is 35.5. The van der Waals surface area contributed by atoms with E-state index in [0.29, 0.717) is 0 Å². The predicted octanol–water partition coefficient (Wildman–Crippen LogP) is 3.82. The number of hydrogen-bond donors (Lipinski definition) is 1. The maximum Gasteiger partial charge on any atom is 0.0409 e. The van der Waals surface area contributed by atoms with Crippen molar-refractivity contribution >= 4 is 11.6 Å². The van der Waals surface area contributed by atoms with Crippen molar-refractivity contribution in [2.45, 2.75) is 50.6 Å². The molecule has 0 radical (unpaired) electrons. The summed E-state index contributed by atoms with van der Waals surface area (Å²) in [7, 11) is 2.16. The molecule has 0 spiro atoms. The Labute approximate surface area is 121 Å². The SMILES string of the molecule is CN(CCC1(N)CCCCC1)Cc1cccc(Cl)c1. The molecule has 0 aliphatic heterocycles. The lowest BCUT2D eigenvalue weighted by molar-refractivity contribution is 0.226. The third-order valence-electron chi connectivity index (χ3n) is 4.18. The molecule has 0 aromatic heterocycles. The first-order valence-electron chi connectivity index (χ1n) is 7.29. The van der Waals surface area contributed by atoms with Gasteiger partial charge in [0.1, 0.15) is 0 Å². The molecule has 2 N–H and O–H groups in total. The van der Waals surface area contributed by atoms with Crippen LogP contribution < -0.4 is 5.73 Å². The Balaban J connectivity index is 1.79. The lowest BCUT2D eigenvalue weighted by atomic mass is 9.80. The summed E-state index contributed by atoms with van der Waals surface area (Å²) in [5.74, 6) is 0. The molecular formula is C16H25ClN2. The Kier molecular flexibility index (Phi) is 5.26. The van der Waals surface area contributed by atoms with Crippen molar-refractivity contribution in [2.24, 2.45) is 5.73 Å². The molecule has 0 bridgehead atoms. The van der Waals surface area contributed by atoms with Gasteiger partial charge in [-0.1, -0.05) is 43.0 Å². The van der Waals surface area contributed by atoms with Crippen LogP contribution in [0.3, 0.4) is 0 Å². The maximum absolute atomic E-state index is 6.48. The lowest BCUT2D eigenvalue weighted by Gasteiger charge is -2.34. The molecule has 0 heterocycles. The minimum Gasteiger partial charge on any atom is -0.325 e. The predicted molar refractivity (Wildman–Crippen MR) is 82.4 cm³/mol. The molecule has 1 saturated carbocycles. The van der Waals surface area contributed by atoms with Crippen molar-refractivity contribution < 1.29 is 0 Å². The van der Waals surface area contributed by atoms with Crippen LogP contribution >= 0.6 is 11.6 Å². The molecule has 0 saturated heterocycles. The van der Waals surface area contributed by atoms with Gasteiger partial charge < -0.3 is 10.6 Å². The van der Waals surface area contributed by atoms with Crippen LogP contribution in [-0.4, -0.2) is 24.0 Å². The highest BCUT2D eigenvalue weighted by molar-refractivity contribution is 6.30. The first-order valence-corrected chi connectivity index (χ1v) is 7.67. The zero-order chi connectivity index (χ0) is 13.7. The van der Waals surface area contributed by atoms with E-state index < -0.39 is 0 Å². The summed E-state index contributed by atoms with van der Waals surface area (Å²) in [6.45, 7) is 2.00. The van der Waals surface area contributed by atoms with Crippen molar-refractivity contribution in [1.29, 1.82) is 0 Å². The van der Waals surface area contributed by atoms with Gasteiger partial charge in [0.25, 0.3) is 0 Å². The number of nitrogens with two attached hydrogens (primary N) is 1. The fourth-order valence-electron chi connectivity index (χ4n) is 2.95. The molecule has 1 aliphatic rings. The molecule has 1 aromatic carbocycles. The summed E-state index contributed by atoms with van der Waals surface area (Å²) in [6.07, 6.45) is 7.44. The molecule has 0 atom stereocenters. The summed E-state index contributed by atoms with van der Waals surface area (Å²) in [4.78, 5) is 2.34. The van der Waals surface area contributed by atoms with Crippen LogP contribution in [0.15, 0.2) is 24.3 Å². The van der Waals surface area contributed by atoms with Crippen LogP contribution in [0.5, 0.6) is 0 Å². The summed E-state index contributed by atoms with van der Waals surface area (Å²) in [5, 5.41) is 0.813. The van der Waals surface area contributed by atoms with E-state index in [-0.39, 0.29) is 5.54 Å². The number of nitrogens with zero attached hydrogens (tertiary/aromatic N) is 1. The molecule has 3 heteroatoms. The van der Waals surface area contributed by atoms with Crippen molar-refractivity contribution in [1.82, 2.24) is 4.90 Å². The molecule has 2 nitrogen and oxygen atoms in total. The van der Waals surface area contributed by atoms with Gasteiger partial charge in [0.2, 0.25) is 0 Å². The van der Waals surface area contributed by atoms with E-state index in [0.717, 1.165) is 24.5 Å². The Hall–Kier alpha value is -0.570. The standard InChI is InChI=1S/C16H25ClN2/c1-19(13-14-6-5-7-15(17)12-14)11-10-16(18)8-3-2-4-9-16/h5-7,12H,2-4,8-11,13,18H2,1H3. The Morgan fingerprint density at radius 3 is 2.68 bits per heavy atom. The van der Waals surface area contributed by atoms with E-state index in [1.807, 2.05) is 18.2 Å². The second-order valence-corrected chi connectivity index (χ2v) is 6.48. The summed E-state index contributed by atoms with van der Waals surface area (Å²) >= 11 is 6.01. The largest absolute Gasteiger partial charge is 0.325 e. The van der Waals surface area contributed by atoms with E-state index in [4.69, 9.17) is 17.3 Å². The quantitative estimate of drug-likeness (QED) is 0.888. The highest BCUT2D eigenvalue weighted by Crippen LogP contribution is 2.28. The van der Waals surface area contributed by atoms with Gasteiger partial charge in [-0.2, -0.15) is 0 Å². The van der Waals surface area contributed by atoms with Crippen LogP contribution in [0, 0.1) is 0 Å². The topological polar surface area (TPSA) is 29.3 Å². The van der Waals surface area contributed by atoms with Gasteiger partial charge in [-0.15, -0.1) is 0 Å². The van der Waals surface area contributed by atoms with E-state index in [2.05, 4.69) is 18.0 Å². The lowest BCUT2D eigenvalue weighted by Crippen LogP contribution is -2.44. The second-order valence-electron chi connectivity index (χ2n) is 6.04. The van der Waals surface area contributed by atoms with Crippen LogP contribution in [0.2, 0.25) is 5.02 Å². The number of rotatable bonds is 5. The van der Waals surface area contributed by atoms with Crippen LogP contribution in [-0.2, 0) is 6.54 Å². The van der Waals surface area contributed by atoms with Crippen LogP contribution in [0.4, 0.5) is 0 Å². The number of benzene rings is 1. The fraction of sp³-hybridized carbons (Fsp3) is 0.625. The average Bonchev–Trinajstić information content (AvgIpc) is 2.38. The first-order chi connectivity index (χ1) is 9.07. The monoisotopic (exact) mass is 280 g/mol. The molecule has 1 aliphatic carbocycles. The maximum atomic E-state index is 6.48. The first kappa shape index (κ1) is 14.8. The number of hydrogen-bond acceptors (Lipinski definition) is 2. The molecule has 0 unspecified atom stereocenters. The van der Waals surface area contributed by atoms with Gasteiger partial charge in [-0.25, -0.2) is 0 Å². The highest BCUT2D eigenvalue weighted by Gasteiger charge is 2.27. The van der Waals surface area contributed by atoms with Crippen molar-refractivity contribution in [3.05, 3.63) is 34.9 Å². The van der Waals surface area contributed by atoms with Crippen LogP contribution in [0.1, 0.15) is 44.1 Å². The van der Waals surface area contributed by atoms with Gasteiger partial charge >= 0.3 is 0 Å². The average molecular weight is 281 g/mol. The van der Waals surface area contributed by atoms with E-state index in [9.17, 15) is 0 Å². The minimum absolute atomic E-state index is 0.0842. The van der Waals surface area contributed by atoms with Gasteiger partial charge in [-0.3, -0.25) is 0 Å². The smallest absolute Gasteiger partial charge is 0.0409 e. The molecule has 1 fully saturated rings. The number of halogens is 1. The Morgan fingerprint density at radius 2 is 2.00 bits per heavy atom. The van der Waals surface area contributed by atoms with Crippen LogP contribution in [0.25, 0.3) is 0 Å². The van der Waals surface area contributed by atoms with Crippen molar-refractivity contribution in [3.8, 4) is 0 Å². The van der Waals surface area contributed by atoms with Crippen molar-refractivity contribution in [3.63, 3.8) is 0 Å². The van der Waals surface area contributed by atoms with Gasteiger partial charge in [0.05, 0.1) is 0 Å². The van der Waals surface area contributed by atoms with E-state index in [1.54, 1.807) is 0 Å². The zero-order valence-corrected chi connectivity index (χ0v) is 12.6. The third-order valence-corrected chi connectivity index (χ3v) is 4.42. The van der Waals surface area contributed by atoms with E-state index >= 15 is 0 Å².